The number of carbonyl (C=O) groups excluding carboxylic acids is 4. The van der Waals surface area contributed by atoms with Crippen LogP contribution in [-0.2, 0) is 29.4 Å². The highest BCUT2D eigenvalue weighted by Gasteiger charge is 2.49. The number of methoxy groups -OCH3 is 1. The quantitative estimate of drug-likeness (QED) is 0.325. The Balaban J connectivity index is 1.27. The zero-order valence-electron chi connectivity index (χ0n) is 29.9. The van der Waals surface area contributed by atoms with Crippen molar-refractivity contribution in [1.82, 2.24) is 10.2 Å². The first-order chi connectivity index (χ1) is 23.6. The van der Waals surface area contributed by atoms with Crippen LogP contribution < -0.4 is 19.9 Å². The molecular weight excluding hydrogens is 643 g/mol. The van der Waals surface area contributed by atoms with E-state index >= 15 is 0 Å². The summed E-state index contributed by atoms with van der Waals surface area (Å²) in [4.78, 5) is 60.5. The number of fused-ring (bicyclic) bond motifs is 1. The molecule has 0 spiro atoms. The molecule has 3 fully saturated rings. The number of piperidine rings is 1. The normalized spacial score (nSPS) is 22.3. The van der Waals surface area contributed by atoms with Gasteiger partial charge in [-0.05, 0) is 109 Å². The average Bonchev–Trinajstić information content (AvgIpc) is 4.00. The largest absolute Gasteiger partial charge is 0.476 e. The van der Waals surface area contributed by atoms with Crippen molar-refractivity contribution >= 4 is 35.2 Å². The van der Waals surface area contributed by atoms with Crippen molar-refractivity contribution in [2.75, 3.05) is 43.2 Å². The number of anilines is 2. The summed E-state index contributed by atoms with van der Waals surface area (Å²) < 4.78 is 30.7. The van der Waals surface area contributed by atoms with Gasteiger partial charge >= 0.3 is 6.09 Å². The van der Waals surface area contributed by atoms with E-state index in [2.05, 4.69) is 5.32 Å². The van der Waals surface area contributed by atoms with Crippen LogP contribution in [-0.4, -0.2) is 79.3 Å². The lowest BCUT2D eigenvalue weighted by Gasteiger charge is -2.40. The standard InChI is InChI=1S/C38H49FN4O7/c1-36(2,3)50-35(47)41-22-24(32(44)40-38(16-17-38)26-8-10-27(39)11-9-26)20-25(23-41)33(45)43(28-12-13-28)29-14-15-31-30(21-29)42(18-7-19-48-6)34(46)37(4,5)49-31/h8-11,14-15,21,24-25,28H,7,12-13,16-20,22-23H2,1-6H3,(H,40,44). The summed E-state index contributed by atoms with van der Waals surface area (Å²) in [7, 11) is 1.62. The van der Waals surface area contributed by atoms with Crippen molar-refractivity contribution in [3.63, 3.8) is 0 Å². The second-order valence-electron chi connectivity index (χ2n) is 15.6. The molecule has 2 aromatic carbocycles. The maximum atomic E-state index is 14.6. The van der Waals surface area contributed by atoms with Crippen LogP contribution >= 0.6 is 0 Å². The molecule has 4 amide bonds. The molecule has 4 aliphatic rings. The summed E-state index contributed by atoms with van der Waals surface area (Å²) in [5.74, 6) is -1.76. The van der Waals surface area contributed by atoms with Crippen molar-refractivity contribution in [3.05, 3.63) is 53.8 Å². The van der Waals surface area contributed by atoms with Crippen molar-refractivity contribution < 1.29 is 37.8 Å². The second-order valence-corrected chi connectivity index (χ2v) is 15.6. The Bertz CT molecular complexity index is 1630. The van der Waals surface area contributed by atoms with Gasteiger partial charge in [0.2, 0.25) is 11.8 Å². The van der Waals surface area contributed by atoms with Crippen LogP contribution in [0.2, 0.25) is 0 Å². The Morgan fingerprint density at radius 2 is 1.72 bits per heavy atom. The van der Waals surface area contributed by atoms with E-state index in [0.29, 0.717) is 36.7 Å². The number of benzene rings is 2. The molecule has 2 aliphatic carbocycles. The van der Waals surface area contributed by atoms with E-state index in [1.807, 2.05) is 12.1 Å². The number of carbonyl (C=O) groups is 4. The minimum Gasteiger partial charge on any atom is -0.476 e. The van der Waals surface area contributed by atoms with Crippen LogP contribution in [0.3, 0.4) is 0 Å². The SMILES string of the molecule is COCCCN1C(=O)C(C)(C)Oc2ccc(N(C(=O)C3CC(C(=O)NC4(c5ccc(F)cc5)CC4)CN(C(=O)OC(C)(C)C)C3)C3CC3)cc21. The van der Waals surface area contributed by atoms with Gasteiger partial charge in [-0.2, -0.15) is 0 Å². The number of amides is 4. The van der Waals surface area contributed by atoms with Gasteiger partial charge < -0.3 is 34.2 Å². The topological polar surface area (TPSA) is 118 Å². The molecule has 0 radical (unpaired) electrons. The first-order valence-corrected chi connectivity index (χ1v) is 17.6. The molecule has 11 nitrogen and oxygen atoms in total. The molecule has 2 heterocycles. The molecular formula is C38H49FN4O7. The maximum absolute atomic E-state index is 14.6. The number of hydrogen-bond acceptors (Lipinski definition) is 7. The number of likely N-dealkylation sites (tertiary alicyclic amines) is 1. The lowest BCUT2D eigenvalue weighted by molar-refractivity contribution is -0.133. The smallest absolute Gasteiger partial charge is 0.410 e. The van der Waals surface area contributed by atoms with E-state index in [-0.39, 0.29) is 49.1 Å². The molecule has 2 unspecified atom stereocenters. The van der Waals surface area contributed by atoms with Gasteiger partial charge in [-0.15, -0.1) is 0 Å². The van der Waals surface area contributed by atoms with E-state index in [0.717, 1.165) is 31.2 Å². The molecule has 2 aliphatic heterocycles. The predicted molar refractivity (Wildman–Crippen MR) is 185 cm³/mol. The van der Waals surface area contributed by atoms with Gasteiger partial charge in [0.05, 0.1) is 23.1 Å². The van der Waals surface area contributed by atoms with Crippen LogP contribution in [0, 0.1) is 17.7 Å². The van der Waals surface area contributed by atoms with Crippen molar-refractivity contribution in [1.29, 1.82) is 0 Å². The van der Waals surface area contributed by atoms with Gasteiger partial charge in [-0.1, -0.05) is 12.1 Å². The highest BCUT2D eigenvalue weighted by atomic mass is 19.1. The molecule has 2 atom stereocenters. The second kappa shape index (κ2) is 13.5. The Hall–Kier alpha value is -4.19. The fourth-order valence-electron chi connectivity index (χ4n) is 7.00. The Kier molecular flexibility index (Phi) is 9.62. The van der Waals surface area contributed by atoms with Gasteiger partial charge in [0.25, 0.3) is 5.91 Å². The third-order valence-electron chi connectivity index (χ3n) is 9.85. The predicted octanol–water partition coefficient (Wildman–Crippen LogP) is 5.54. The Labute approximate surface area is 293 Å². The third-order valence-corrected chi connectivity index (χ3v) is 9.85. The molecule has 1 saturated heterocycles. The summed E-state index contributed by atoms with van der Waals surface area (Å²) >= 11 is 0. The Morgan fingerprint density at radius 1 is 1.04 bits per heavy atom. The van der Waals surface area contributed by atoms with Gasteiger partial charge in [0, 0.05) is 45.1 Å². The van der Waals surface area contributed by atoms with Crippen molar-refractivity contribution in [2.24, 2.45) is 11.8 Å². The molecule has 2 aromatic rings. The molecule has 6 rings (SSSR count). The van der Waals surface area contributed by atoms with E-state index in [1.165, 1.54) is 17.0 Å². The molecule has 1 N–H and O–H groups in total. The third kappa shape index (κ3) is 7.60. The molecule has 2 saturated carbocycles. The van der Waals surface area contributed by atoms with Crippen LogP contribution in [0.5, 0.6) is 5.75 Å². The zero-order valence-corrected chi connectivity index (χ0v) is 29.9. The van der Waals surface area contributed by atoms with Crippen molar-refractivity contribution in [2.45, 2.75) is 95.9 Å². The first-order valence-electron chi connectivity index (χ1n) is 17.6. The summed E-state index contributed by atoms with van der Waals surface area (Å²) in [6.07, 6.45) is 3.36. The first kappa shape index (κ1) is 35.6. The van der Waals surface area contributed by atoms with E-state index in [9.17, 15) is 23.6 Å². The van der Waals surface area contributed by atoms with Gasteiger partial charge in [-0.25, -0.2) is 9.18 Å². The molecule has 270 valence electrons. The van der Waals surface area contributed by atoms with E-state index in [1.54, 1.807) is 69.7 Å². The molecule has 0 aromatic heterocycles. The van der Waals surface area contributed by atoms with Crippen LogP contribution in [0.25, 0.3) is 0 Å². The Morgan fingerprint density at radius 3 is 2.34 bits per heavy atom. The summed E-state index contributed by atoms with van der Waals surface area (Å²) in [5, 5.41) is 3.18. The van der Waals surface area contributed by atoms with Crippen molar-refractivity contribution in [3.8, 4) is 5.75 Å². The number of rotatable bonds is 10. The maximum Gasteiger partial charge on any atom is 0.410 e. The number of hydrogen-bond donors (Lipinski definition) is 1. The zero-order chi connectivity index (χ0) is 36.0. The number of nitrogens with zero attached hydrogens (tertiary/aromatic N) is 3. The van der Waals surface area contributed by atoms with Gasteiger partial charge in [0.1, 0.15) is 17.2 Å². The van der Waals surface area contributed by atoms with Gasteiger partial charge in [0.15, 0.2) is 5.60 Å². The highest BCUT2D eigenvalue weighted by Crippen LogP contribution is 2.46. The minimum absolute atomic E-state index is 0.0449. The monoisotopic (exact) mass is 692 g/mol. The number of nitrogens with one attached hydrogen (secondary N) is 1. The van der Waals surface area contributed by atoms with E-state index < -0.39 is 34.7 Å². The highest BCUT2D eigenvalue weighted by molar-refractivity contribution is 6.04. The molecule has 50 heavy (non-hydrogen) atoms. The molecule has 12 heteroatoms. The van der Waals surface area contributed by atoms with Gasteiger partial charge in [-0.3, -0.25) is 14.4 Å². The minimum atomic E-state index is -1.05. The van der Waals surface area contributed by atoms with Crippen LogP contribution in [0.1, 0.15) is 78.7 Å². The lowest BCUT2D eigenvalue weighted by Crippen LogP contribution is -2.54. The lowest BCUT2D eigenvalue weighted by atomic mass is 9.87. The fraction of sp³-hybridized carbons (Fsp3) is 0.579. The summed E-state index contributed by atoms with van der Waals surface area (Å²) in [6.45, 7) is 9.95. The van der Waals surface area contributed by atoms with Crippen LogP contribution in [0.15, 0.2) is 42.5 Å². The van der Waals surface area contributed by atoms with Crippen LogP contribution in [0.4, 0.5) is 20.6 Å². The average molecular weight is 693 g/mol. The summed E-state index contributed by atoms with van der Waals surface area (Å²) in [6, 6.07) is 11.6. The molecule has 0 bridgehead atoms. The number of ether oxygens (including phenoxy) is 3. The fourth-order valence-corrected chi connectivity index (χ4v) is 7.00. The van der Waals surface area contributed by atoms with E-state index in [4.69, 9.17) is 14.2 Å². The number of halogens is 1. The summed E-state index contributed by atoms with van der Waals surface area (Å²) in [5.41, 5.74) is -0.356.